The number of amides is 2. The summed E-state index contributed by atoms with van der Waals surface area (Å²) in [7, 11) is 3.14. The average Bonchev–Trinajstić information content (AvgIpc) is 3.21. The molecule has 0 bridgehead atoms. The van der Waals surface area contributed by atoms with Crippen LogP contribution in [0.3, 0.4) is 0 Å². The number of carbonyl (C=O) groups excluding carboxylic acids is 2. The number of nitrogens with one attached hydrogen (secondary N) is 1. The fraction of sp³-hybridized carbons (Fsp3) is 0.238. The van der Waals surface area contributed by atoms with Gasteiger partial charge in [-0.1, -0.05) is 41.6 Å². The predicted octanol–water partition coefficient (Wildman–Crippen LogP) is 2.77. The van der Waals surface area contributed by atoms with Crippen LogP contribution >= 0.6 is 0 Å². The Balaban J connectivity index is 1.48. The molecule has 0 aliphatic heterocycles. The van der Waals surface area contributed by atoms with Crippen LogP contribution in [0.4, 0.5) is 5.69 Å². The Labute approximate surface area is 168 Å². The van der Waals surface area contributed by atoms with Crippen molar-refractivity contribution in [1.82, 2.24) is 15.0 Å². The molecule has 3 rings (SSSR count). The van der Waals surface area contributed by atoms with Gasteiger partial charge in [-0.15, -0.1) is 0 Å². The van der Waals surface area contributed by atoms with E-state index >= 15 is 0 Å². The molecule has 29 heavy (non-hydrogen) atoms. The lowest BCUT2D eigenvalue weighted by Crippen LogP contribution is -2.35. The molecule has 0 radical (unpaired) electrons. The summed E-state index contributed by atoms with van der Waals surface area (Å²) in [4.78, 5) is 30.2. The molecule has 2 aromatic carbocycles. The highest BCUT2D eigenvalue weighted by Crippen LogP contribution is 2.17. The lowest BCUT2D eigenvalue weighted by molar-refractivity contribution is -0.133. The van der Waals surface area contributed by atoms with Crippen LogP contribution in [0.25, 0.3) is 11.4 Å². The van der Waals surface area contributed by atoms with Gasteiger partial charge < -0.3 is 19.5 Å². The minimum atomic E-state index is -0.293. The SMILES string of the molecule is COc1cccc(NC(=O)CN(C)C(=O)CCc2nc(-c3ccccc3)no2)c1. The molecule has 1 aromatic heterocycles. The van der Waals surface area contributed by atoms with E-state index in [9.17, 15) is 9.59 Å². The van der Waals surface area contributed by atoms with Crippen LogP contribution in [0.15, 0.2) is 59.1 Å². The van der Waals surface area contributed by atoms with E-state index in [4.69, 9.17) is 9.26 Å². The van der Waals surface area contributed by atoms with Crippen molar-refractivity contribution in [3.05, 3.63) is 60.5 Å². The summed E-state index contributed by atoms with van der Waals surface area (Å²) in [5.74, 6) is 1.02. The summed E-state index contributed by atoms with van der Waals surface area (Å²) in [6.07, 6.45) is 0.472. The standard InChI is InChI=1S/C21H22N4O4/c1-25(14-18(26)22-16-9-6-10-17(13-16)28-2)20(27)12-11-19-23-21(24-29-19)15-7-4-3-5-8-15/h3-10,13H,11-12,14H2,1-2H3,(H,22,26). The van der Waals surface area contributed by atoms with E-state index in [0.717, 1.165) is 5.56 Å². The van der Waals surface area contributed by atoms with E-state index in [2.05, 4.69) is 15.5 Å². The molecule has 0 atom stereocenters. The first-order valence-corrected chi connectivity index (χ1v) is 9.11. The molecule has 1 heterocycles. The van der Waals surface area contributed by atoms with Gasteiger partial charge in [-0.3, -0.25) is 9.59 Å². The molecule has 8 heteroatoms. The van der Waals surface area contributed by atoms with E-state index in [1.807, 2.05) is 30.3 Å². The maximum atomic E-state index is 12.3. The van der Waals surface area contributed by atoms with Gasteiger partial charge in [-0.05, 0) is 12.1 Å². The van der Waals surface area contributed by atoms with Gasteiger partial charge in [0, 0.05) is 37.2 Å². The molecule has 0 spiro atoms. The molecule has 0 saturated carbocycles. The number of hydrogen-bond acceptors (Lipinski definition) is 6. The van der Waals surface area contributed by atoms with E-state index in [0.29, 0.717) is 29.6 Å². The fourth-order valence-corrected chi connectivity index (χ4v) is 2.67. The lowest BCUT2D eigenvalue weighted by Gasteiger charge is -2.16. The van der Waals surface area contributed by atoms with Crippen molar-refractivity contribution in [3.63, 3.8) is 0 Å². The predicted molar refractivity (Wildman–Crippen MR) is 107 cm³/mol. The van der Waals surface area contributed by atoms with Gasteiger partial charge in [0.25, 0.3) is 0 Å². The topological polar surface area (TPSA) is 97.6 Å². The number of aryl methyl sites for hydroxylation is 1. The molecule has 0 saturated heterocycles. The summed E-state index contributed by atoms with van der Waals surface area (Å²) in [6, 6.07) is 16.5. The Morgan fingerprint density at radius 2 is 1.93 bits per heavy atom. The Kier molecular flexibility index (Phi) is 6.57. The lowest BCUT2D eigenvalue weighted by atomic mass is 10.2. The Morgan fingerprint density at radius 3 is 2.69 bits per heavy atom. The second kappa shape index (κ2) is 9.50. The van der Waals surface area contributed by atoms with E-state index < -0.39 is 0 Å². The maximum absolute atomic E-state index is 12.3. The molecule has 0 fully saturated rings. The molecule has 1 N–H and O–H groups in total. The van der Waals surface area contributed by atoms with Gasteiger partial charge in [-0.25, -0.2) is 0 Å². The first-order chi connectivity index (χ1) is 14.0. The molecule has 0 aliphatic carbocycles. The molecule has 0 aliphatic rings. The average molecular weight is 394 g/mol. The number of nitrogens with zero attached hydrogens (tertiary/aromatic N) is 3. The van der Waals surface area contributed by atoms with Gasteiger partial charge in [-0.2, -0.15) is 4.98 Å². The molecule has 3 aromatic rings. The highest BCUT2D eigenvalue weighted by molar-refractivity contribution is 5.94. The highest BCUT2D eigenvalue weighted by atomic mass is 16.5. The van der Waals surface area contributed by atoms with Crippen molar-refractivity contribution < 1.29 is 18.8 Å². The van der Waals surface area contributed by atoms with Crippen molar-refractivity contribution in [2.24, 2.45) is 0 Å². The van der Waals surface area contributed by atoms with Crippen LogP contribution in [0.2, 0.25) is 0 Å². The number of ether oxygens (including phenoxy) is 1. The van der Waals surface area contributed by atoms with E-state index in [-0.39, 0.29) is 24.8 Å². The number of rotatable bonds is 8. The van der Waals surface area contributed by atoms with Gasteiger partial charge >= 0.3 is 0 Å². The van der Waals surface area contributed by atoms with E-state index in [1.54, 1.807) is 38.4 Å². The minimum Gasteiger partial charge on any atom is -0.497 e. The second-order valence-corrected chi connectivity index (χ2v) is 6.41. The molecular weight excluding hydrogens is 372 g/mol. The van der Waals surface area contributed by atoms with Crippen molar-refractivity contribution in [3.8, 4) is 17.1 Å². The molecule has 2 amide bonds. The van der Waals surface area contributed by atoms with Crippen molar-refractivity contribution >= 4 is 17.5 Å². The zero-order chi connectivity index (χ0) is 20.6. The van der Waals surface area contributed by atoms with Crippen molar-refractivity contribution in [1.29, 1.82) is 0 Å². The fourth-order valence-electron chi connectivity index (χ4n) is 2.67. The van der Waals surface area contributed by atoms with Crippen LogP contribution in [0, 0.1) is 0 Å². The summed E-state index contributed by atoms with van der Waals surface area (Å²) in [5, 5.41) is 6.68. The van der Waals surface area contributed by atoms with Crippen LogP contribution in [-0.2, 0) is 16.0 Å². The van der Waals surface area contributed by atoms with Crippen molar-refractivity contribution in [2.75, 3.05) is 26.0 Å². The van der Waals surface area contributed by atoms with Crippen LogP contribution in [0.1, 0.15) is 12.3 Å². The number of aromatic nitrogens is 2. The molecule has 0 unspecified atom stereocenters. The number of methoxy groups -OCH3 is 1. The first kappa shape index (κ1) is 20.1. The van der Waals surface area contributed by atoms with Gasteiger partial charge in [0.05, 0.1) is 13.7 Å². The number of benzene rings is 2. The number of carbonyl (C=O) groups is 2. The second-order valence-electron chi connectivity index (χ2n) is 6.41. The summed E-state index contributed by atoms with van der Waals surface area (Å²) in [6.45, 7) is -0.0604. The normalized spacial score (nSPS) is 10.4. The van der Waals surface area contributed by atoms with Gasteiger partial charge in [0.2, 0.25) is 23.5 Å². The Morgan fingerprint density at radius 1 is 1.14 bits per heavy atom. The zero-order valence-electron chi connectivity index (χ0n) is 16.3. The van der Waals surface area contributed by atoms with Crippen molar-refractivity contribution in [2.45, 2.75) is 12.8 Å². The van der Waals surface area contributed by atoms with Crippen LogP contribution in [-0.4, -0.2) is 47.6 Å². The van der Waals surface area contributed by atoms with Gasteiger partial charge in [0.1, 0.15) is 5.75 Å². The van der Waals surface area contributed by atoms with Crippen LogP contribution in [0.5, 0.6) is 5.75 Å². The third kappa shape index (κ3) is 5.65. The van der Waals surface area contributed by atoms with E-state index in [1.165, 1.54) is 4.90 Å². The largest absolute Gasteiger partial charge is 0.497 e. The number of likely N-dealkylation sites (N-methyl/N-ethyl adjacent to an activating group) is 1. The quantitative estimate of drug-likeness (QED) is 0.631. The van der Waals surface area contributed by atoms with Crippen LogP contribution < -0.4 is 10.1 Å². The molecular formula is C21H22N4O4. The highest BCUT2D eigenvalue weighted by Gasteiger charge is 2.16. The summed E-state index contributed by atoms with van der Waals surface area (Å²) >= 11 is 0. The van der Waals surface area contributed by atoms with Gasteiger partial charge in [0.15, 0.2) is 0 Å². The minimum absolute atomic E-state index is 0.0604. The summed E-state index contributed by atoms with van der Waals surface area (Å²) < 4.78 is 10.3. The Hall–Kier alpha value is -3.68. The number of hydrogen-bond donors (Lipinski definition) is 1. The number of anilines is 1. The first-order valence-electron chi connectivity index (χ1n) is 9.11. The third-order valence-corrected chi connectivity index (χ3v) is 4.21. The monoisotopic (exact) mass is 394 g/mol. The molecule has 8 nitrogen and oxygen atoms in total. The Bertz CT molecular complexity index is 972. The smallest absolute Gasteiger partial charge is 0.243 e. The molecule has 150 valence electrons. The third-order valence-electron chi connectivity index (χ3n) is 4.21. The zero-order valence-corrected chi connectivity index (χ0v) is 16.3. The maximum Gasteiger partial charge on any atom is 0.243 e. The summed E-state index contributed by atoms with van der Waals surface area (Å²) in [5.41, 5.74) is 1.45.